The second-order valence-corrected chi connectivity index (χ2v) is 8.85. The number of hydrogen-bond acceptors (Lipinski definition) is 5. The lowest BCUT2D eigenvalue weighted by Crippen LogP contribution is -2.53. The predicted molar refractivity (Wildman–Crippen MR) is 117 cm³/mol. The first-order valence-electron chi connectivity index (χ1n) is 10.2. The number of likely N-dealkylation sites (tertiary alicyclic amines) is 1. The van der Waals surface area contributed by atoms with Gasteiger partial charge in [0.15, 0.2) is 0 Å². The molecule has 164 valence electrons. The van der Waals surface area contributed by atoms with Crippen LogP contribution in [0.5, 0.6) is 0 Å². The largest absolute Gasteiger partial charge is 0.382 e. The van der Waals surface area contributed by atoms with E-state index in [0.29, 0.717) is 45.1 Å². The first-order valence-corrected chi connectivity index (χ1v) is 10.2. The number of ether oxygens (including phenoxy) is 1. The molecule has 3 N–H and O–H groups in total. The van der Waals surface area contributed by atoms with Gasteiger partial charge in [-0.15, -0.1) is 12.4 Å². The van der Waals surface area contributed by atoms with Gasteiger partial charge in [0.1, 0.15) is 5.82 Å². The quantitative estimate of drug-likeness (QED) is 0.771. The minimum Gasteiger partial charge on any atom is -0.382 e. The molecule has 0 spiro atoms. The van der Waals surface area contributed by atoms with Crippen LogP contribution in [0, 0.1) is 11.2 Å². The monoisotopic (exact) mass is 428 g/mol. The van der Waals surface area contributed by atoms with Gasteiger partial charge < -0.3 is 25.6 Å². The van der Waals surface area contributed by atoms with Gasteiger partial charge in [-0.05, 0) is 36.5 Å². The Morgan fingerprint density at radius 2 is 1.83 bits per heavy atom. The van der Waals surface area contributed by atoms with Crippen LogP contribution in [0.15, 0.2) is 18.2 Å². The number of morpholine rings is 1. The second kappa shape index (κ2) is 9.96. The molecule has 29 heavy (non-hydrogen) atoms. The maximum Gasteiger partial charge on any atom is 0.240 e. The number of nitrogens with one attached hydrogen (secondary N) is 1. The number of halogens is 2. The van der Waals surface area contributed by atoms with Gasteiger partial charge in [-0.1, -0.05) is 20.8 Å². The lowest BCUT2D eigenvalue weighted by Gasteiger charge is -2.37. The number of nitrogens with zero attached hydrogens (tertiary/aromatic N) is 2. The van der Waals surface area contributed by atoms with E-state index in [2.05, 4.69) is 5.32 Å². The lowest BCUT2D eigenvalue weighted by atomic mass is 9.86. The van der Waals surface area contributed by atoms with Gasteiger partial charge in [0.25, 0.3) is 0 Å². The number of piperidine rings is 1. The zero-order valence-corrected chi connectivity index (χ0v) is 18.4. The van der Waals surface area contributed by atoms with E-state index in [4.69, 9.17) is 10.5 Å². The third-order valence-corrected chi connectivity index (χ3v) is 5.68. The Bertz CT molecular complexity index is 684. The van der Waals surface area contributed by atoms with Crippen molar-refractivity contribution >= 4 is 29.7 Å². The highest BCUT2D eigenvalue weighted by molar-refractivity contribution is 5.85. The molecule has 2 heterocycles. The molecule has 6 nitrogen and oxygen atoms in total. The highest BCUT2D eigenvalue weighted by Gasteiger charge is 2.33. The van der Waals surface area contributed by atoms with Crippen LogP contribution in [-0.4, -0.2) is 62.3 Å². The third-order valence-electron chi connectivity index (χ3n) is 5.68. The summed E-state index contributed by atoms with van der Waals surface area (Å²) in [6.07, 6.45) is 1.66. The van der Waals surface area contributed by atoms with Gasteiger partial charge in [-0.2, -0.15) is 0 Å². The van der Waals surface area contributed by atoms with Gasteiger partial charge >= 0.3 is 0 Å². The Balaban J connectivity index is 0.00000300. The maximum atomic E-state index is 14.6. The molecule has 1 aromatic rings. The van der Waals surface area contributed by atoms with E-state index in [1.54, 1.807) is 6.07 Å². The summed E-state index contributed by atoms with van der Waals surface area (Å²) in [7, 11) is 0. The van der Waals surface area contributed by atoms with Gasteiger partial charge in [0.05, 0.1) is 24.9 Å². The highest BCUT2D eigenvalue weighted by atomic mass is 35.5. The lowest BCUT2D eigenvalue weighted by molar-refractivity contribution is -0.135. The molecule has 1 atom stereocenters. The molecule has 2 aliphatic rings. The number of hydrogen-bond donors (Lipinski definition) is 2. The summed E-state index contributed by atoms with van der Waals surface area (Å²) in [4.78, 5) is 16.4. The Morgan fingerprint density at radius 1 is 1.21 bits per heavy atom. The van der Waals surface area contributed by atoms with E-state index in [1.165, 1.54) is 0 Å². The number of carbonyl (C=O) groups excluding carboxylic acids is 1. The molecule has 8 heteroatoms. The first kappa shape index (κ1) is 23.7. The van der Waals surface area contributed by atoms with E-state index in [-0.39, 0.29) is 35.6 Å². The van der Waals surface area contributed by atoms with Gasteiger partial charge in [-0.3, -0.25) is 4.79 Å². The smallest absolute Gasteiger partial charge is 0.240 e. The normalized spacial score (nSPS) is 19.5. The van der Waals surface area contributed by atoms with Crippen LogP contribution in [0.25, 0.3) is 0 Å². The average molecular weight is 429 g/mol. The molecule has 0 radical (unpaired) electrons. The van der Waals surface area contributed by atoms with E-state index in [9.17, 15) is 9.18 Å². The van der Waals surface area contributed by atoms with Gasteiger partial charge in [0.2, 0.25) is 5.91 Å². The van der Waals surface area contributed by atoms with Crippen molar-refractivity contribution in [2.75, 3.05) is 49.6 Å². The molecule has 3 rings (SSSR count). The SMILES string of the molecule is CC(C)(C)[C@H](N)C(=O)N1CCC(Nc2ccc(N3CCOCC3)c(F)c2)CC1.Cl. The molecule has 0 saturated carbocycles. The van der Waals surface area contributed by atoms with Gasteiger partial charge in [-0.25, -0.2) is 4.39 Å². The number of anilines is 2. The fourth-order valence-corrected chi connectivity index (χ4v) is 3.70. The molecule has 0 aliphatic carbocycles. The first-order chi connectivity index (χ1) is 13.3. The zero-order chi connectivity index (χ0) is 20.3. The van der Waals surface area contributed by atoms with Crippen molar-refractivity contribution in [1.82, 2.24) is 4.90 Å². The van der Waals surface area contributed by atoms with Crippen molar-refractivity contribution in [3.63, 3.8) is 0 Å². The standard InChI is InChI=1S/C21H33FN4O2.ClH/c1-21(2,3)19(23)20(27)26-8-6-15(7-9-26)24-16-4-5-18(17(22)14-16)25-10-12-28-13-11-25;/h4-5,14-15,19,24H,6-13,23H2,1-3H3;1H/t19-;/m1./s1. The number of rotatable bonds is 4. The fraction of sp³-hybridized carbons (Fsp3) is 0.667. The molecular weight excluding hydrogens is 395 g/mol. The van der Waals surface area contributed by atoms with Crippen LogP contribution in [0.4, 0.5) is 15.8 Å². The summed E-state index contributed by atoms with van der Waals surface area (Å²) in [5.41, 5.74) is 7.28. The Hall–Kier alpha value is -1.57. The highest BCUT2D eigenvalue weighted by Crippen LogP contribution is 2.26. The Labute approximate surface area is 179 Å². The Morgan fingerprint density at radius 3 is 2.38 bits per heavy atom. The van der Waals surface area contributed by atoms with Crippen molar-refractivity contribution < 1.29 is 13.9 Å². The third kappa shape index (κ3) is 5.96. The topological polar surface area (TPSA) is 70.8 Å². The van der Waals surface area contributed by atoms with Crippen molar-refractivity contribution in [2.45, 2.75) is 45.7 Å². The molecule has 0 unspecified atom stereocenters. The second-order valence-electron chi connectivity index (χ2n) is 8.85. The van der Waals surface area contributed by atoms with Crippen molar-refractivity contribution in [3.05, 3.63) is 24.0 Å². The van der Waals surface area contributed by atoms with E-state index in [0.717, 1.165) is 18.5 Å². The maximum absolute atomic E-state index is 14.6. The number of benzene rings is 1. The summed E-state index contributed by atoms with van der Waals surface area (Å²) in [6.45, 7) is 10.0. The molecule has 1 amide bonds. The number of nitrogens with two attached hydrogens (primary N) is 1. The van der Waals surface area contributed by atoms with Crippen molar-refractivity contribution in [1.29, 1.82) is 0 Å². The van der Waals surface area contributed by atoms with Crippen molar-refractivity contribution in [2.24, 2.45) is 11.1 Å². The molecule has 0 bridgehead atoms. The molecule has 2 aliphatic heterocycles. The van der Waals surface area contributed by atoms with E-state index in [1.807, 2.05) is 42.7 Å². The van der Waals surface area contributed by atoms with Crippen molar-refractivity contribution in [3.8, 4) is 0 Å². The summed E-state index contributed by atoms with van der Waals surface area (Å²) in [5, 5.41) is 3.42. The Kier molecular flexibility index (Phi) is 8.14. The minimum atomic E-state index is -0.487. The van der Waals surface area contributed by atoms with E-state index < -0.39 is 6.04 Å². The van der Waals surface area contributed by atoms with Crippen LogP contribution in [0.3, 0.4) is 0 Å². The molecule has 2 fully saturated rings. The van der Waals surface area contributed by atoms with E-state index >= 15 is 0 Å². The zero-order valence-electron chi connectivity index (χ0n) is 17.6. The summed E-state index contributed by atoms with van der Waals surface area (Å²) in [6, 6.07) is 5.07. The number of amides is 1. The summed E-state index contributed by atoms with van der Waals surface area (Å²) >= 11 is 0. The predicted octanol–water partition coefficient (Wildman–Crippen LogP) is 2.86. The number of carbonyl (C=O) groups is 1. The van der Waals surface area contributed by atoms with Crippen LogP contribution in [0.2, 0.25) is 0 Å². The van der Waals surface area contributed by atoms with Crippen LogP contribution >= 0.6 is 12.4 Å². The minimum absolute atomic E-state index is 0. The molecule has 1 aromatic carbocycles. The molecule has 0 aromatic heterocycles. The molecule has 2 saturated heterocycles. The molecular formula is C21H34ClFN4O2. The summed E-state index contributed by atoms with van der Waals surface area (Å²) < 4.78 is 19.9. The fourth-order valence-electron chi connectivity index (χ4n) is 3.70. The van der Waals surface area contributed by atoms with Crippen LogP contribution < -0.4 is 16.0 Å². The van der Waals surface area contributed by atoms with Gasteiger partial charge in [0, 0.05) is 37.9 Å². The van der Waals surface area contributed by atoms with Crippen LogP contribution in [-0.2, 0) is 9.53 Å². The van der Waals surface area contributed by atoms with Crippen LogP contribution in [0.1, 0.15) is 33.6 Å². The average Bonchev–Trinajstić information content (AvgIpc) is 2.67. The summed E-state index contributed by atoms with van der Waals surface area (Å²) in [5.74, 6) is -0.192.